The van der Waals surface area contributed by atoms with Gasteiger partial charge in [-0.05, 0) is 25.2 Å². The molecule has 1 aliphatic rings. The van der Waals surface area contributed by atoms with Crippen LogP contribution in [0.15, 0.2) is 0 Å². The molecular weight excluding hydrogens is 228 g/mol. The van der Waals surface area contributed by atoms with Gasteiger partial charge in [0, 0.05) is 12.6 Å². The lowest BCUT2D eigenvalue weighted by molar-refractivity contribution is 0.0739. The number of hydrogen-bond donors (Lipinski definition) is 2. The van der Waals surface area contributed by atoms with Crippen LogP contribution < -0.4 is 5.73 Å². The number of nitrogens with two attached hydrogens (primary N) is 1. The molecule has 1 aromatic heterocycles. The number of likely N-dealkylation sites (tertiary alicyclic amines) is 1. The van der Waals surface area contributed by atoms with Gasteiger partial charge in [-0.2, -0.15) is 5.10 Å². The van der Waals surface area contributed by atoms with E-state index in [1.165, 1.54) is 0 Å². The van der Waals surface area contributed by atoms with Crippen LogP contribution in [0.5, 0.6) is 0 Å². The Bertz CT molecular complexity index is 452. The highest BCUT2D eigenvalue weighted by Crippen LogP contribution is 2.27. The molecule has 3 N–H and O–H groups in total. The molecule has 0 aliphatic carbocycles. The lowest BCUT2D eigenvalue weighted by Crippen LogP contribution is -2.34. The SMILES string of the molecule is CC1CC(C)N(C(=O)c2n[nH]c(C(C)C)c2N)C1. The smallest absolute Gasteiger partial charge is 0.276 e. The summed E-state index contributed by atoms with van der Waals surface area (Å²) in [6.45, 7) is 9.09. The van der Waals surface area contributed by atoms with Crippen LogP contribution in [0.3, 0.4) is 0 Å². The second-order valence-electron chi connectivity index (χ2n) is 5.70. The van der Waals surface area contributed by atoms with E-state index in [2.05, 4.69) is 24.0 Å². The van der Waals surface area contributed by atoms with Crippen molar-refractivity contribution >= 4 is 11.6 Å². The van der Waals surface area contributed by atoms with Crippen LogP contribution in [0, 0.1) is 5.92 Å². The largest absolute Gasteiger partial charge is 0.395 e. The number of aromatic amines is 1. The predicted molar refractivity (Wildman–Crippen MR) is 71.4 cm³/mol. The highest BCUT2D eigenvalue weighted by Gasteiger charge is 2.33. The Morgan fingerprint density at radius 3 is 2.61 bits per heavy atom. The van der Waals surface area contributed by atoms with Crippen LogP contribution in [0.4, 0.5) is 5.69 Å². The predicted octanol–water partition coefficient (Wildman–Crippen LogP) is 1.99. The van der Waals surface area contributed by atoms with Crippen LogP contribution in [0.2, 0.25) is 0 Å². The summed E-state index contributed by atoms with van der Waals surface area (Å²) in [5.74, 6) is 0.746. The van der Waals surface area contributed by atoms with E-state index in [9.17, 15) is 4.79 Å². The molecule has 2 unspecified atom stereocenters. The van der Waals surface area contributed by atoms with Gasteiger partial charge in [0.1, 0.15) is 0 Å². The summed E-state index contributed by atoms with van der Waals surface area (Å²) < 4.78 is 0. The van der Waals surface area contributed by atoms with E-state index in [1.54, 1.807) is 0 Å². The van der Waals surface area contributed by atoms with Gasteiger partial charge in [-0.15, -0.1) is 0 Å². The van der Waals surface area contributed by atoms with Crippen molar-refractivity contribution in [3.05, 3.63) is 11.4 Å². The fourth-order valence-electron chi connectivity index (χ4n) is 2.69. The molecule has 100 valence electrons. The normalized spacial score (nSPS) is 23.9. The Kier molecular flexibility index (Phi) is 3.32. The zero-order chi connectivity index (χ0) is 13.4. The highest BCUT2D eigenvalue weighted by atomic mass is 16.2. The molecule has 18 heavy (non-hydrogen) atoms. The molecule has 0 spiro atoms. The first-order chi connectivity index (χ1) is 8.41. The number of H-pyrrole nitrogens is 1. The van der Waals surface area contributed by atoms with Crippen molar-refractivity contribution < 1.29 is 4.79 Å². The third-order valence-electron chi connectivity index (χ3n) is 3.66. The summed E-state index contributed by atoms with van der Waals surface area (Å²) >= 11 is 0. The molecular formula is C13H22N4O. The monoisotopic (exact) mass is 250 g/mol. The van der Waals surface area contributed by atoms with Crippen LogP contribution in [-0.4, -0.2) is 33.6 Å². The number of nitrogens with zero attached hydrogens (tertiary/aromatic N) is 2. The standard InChI is InChI=1S/C13H22N4O/c1-7(2)11-10(14)12(16-15-11)13(18)17-6-8(3)5-9(17)4/h7-9H,5-6,14H2,1-4H3,(H,15,16). The summed E-state index contributed by atoms with van der Waals surface area (Å²) in [6.07, 6.45) is 1.05. The van der Waals surface area contributed by atoms with E-state index < -0.39 is 0 Å². The van der Waals surface area contributed by atoms with E-state index in [0.29, 0.717) is 17.3 Å². The van der Waals surface area contributed by atoms with Crippen molar-refractivity contribution in [3.63, 3.8) is 0 Å². The minimum Gasteiger partial charge on any atom is -0.395 e. The maximum absolute atomic E-state index is 12.4. The molecule has 2 atom stereocenters. The summed E-state index contributed by atoms with van der Waals surface area (Å²) in [5.41, 5.74) is 7.73. The fraction of sp³-hybridized carbons (Fsp3) is 0.692. The molecule has 1 amide bonds. The first-order valence-corrected chi connectivity index (χ1v) is 6.56. The quantitative estimate of drug-likeness (QED) is 0.842. The van der Waals surface area contributed by atoms with Crippen LogP contribution in [0.25, 0.3) is 0 Å². The molecule has 1 aliphatic heterocycles. The lowest BCUT2D eigenvalue weighted by atomic mass is 10.1. The van der Waals surface area contributed by atoms with Crippen molar-refractivity contribution in [2.24, 2.45) is 5.92 Å². The summed E-state index contributed by atoms with van der Waals surface area (Å²) in [6, 6.07) is 0.270. The number of nitrogen functional groups attached to an aromatic ring is 1. The Hall–Kier alpha value is -1.52. The summed E-state index contributed by atoms with van der Waals surface area (Å²) in [5, 5.41) is 6.98. The third kappa shape index (κ3) is 2.09. The average Bonchev–Trinajstić information content (AvgIpc) is 2.81. The molecule has 2 heterocycles. The van der Waals surface area contributed by atoms with Crippen LogP contribution >= 0.6 is 0 Å². The number of nitrogens with one attached hydrogen (secondary N) is 1. The van der Waals surface area contributed by atoms with Crippen molar-refractivity contribution in [2.45, 2.75) is 46.1 Å². The number of aromatic nitrogens is 2. The second kappa shape index (κ2) is 4.63. The van der Waals surface area contributed by atoms with E-state index in [-0.39, 0.29) is 17.9 Å². The number of anilines is 1. The van der Waals surface area contributed by atoms with E-state index in [1.807, 2.05) is 18.7 Å². The fourth-order valence-corrected chi connectivity index (χ4v) is 2.69. The molecule has 0 saturated carbocycles. The summed E-state index contributed by atoms with van der Waals surface area (Å²) in [4.78, 5) is 14.3. The number of carbonyl (C=O) groups is 1. The zero-order valence-electron chi connectivity index (χ0n) is 11.5. The molecule has 0 aromatic carbocycles. The molecule has 1 aromatic rings. The second-order valence-corrected chi connectivity index (χ2v) is 5.70. The van der Waals surface area contributed by atoms with Gasteiger partial charge in [0.25, 0.3) is 5.91 Å². The van der Waals surface area contributed by atoms with Crippen molar-refractivity contribution in [3.8, 4) is 0 Å². The minimum atomic E-state index is -0.0486. The average molecular weight is 250 g/mol. The summed E-state index contributed by atoms with van der Waals surface area (Å²) in [7, 11) is 0. The maximum Gasteiger partial charge on any atom is 0.276 e. The number of rotatable bonds is 2. The Morgan fingerprint density at radius 2 is 2.17 bits per heavy atom. The minimum absolute atomic E-state index is 0.0486. The molecule has 5 nitrogen and oxygen atoms in total. The van der Waals surface area contributed by atoms with Gasteiger partial charge >= 0.3 is 0 Å². The molecule has 1 saturated heterocycles. The van der Waals surface area contributed by atoms with Crippen molar-refractivity contribution in [1.82, 2.24) is 15.1 Å². The Labute approximate surface area is 108 Å². The van der Waals surface area contributed by atoms with Gasteiger partial charge in [0.2, 0.25) is 0 Å². The number of amides is 1. The van der Waals surface area contributed by atoms with Crippen molar-refractivity contribution in [1.29, 1.82) is 0 Å². The van der Waals surface area contributed by atoms with Gasteiger partial charge in [-0.3, -0.25) is 9.89 Å². The van der Waals surface area contributed by atoms with E-state index >= 15 is 0 Å². The number of hydrogen-bond acceptors (Lipinski definition) is 3. The first-order valence-electron chi connectivity index (χ1n) is 6.56. The van der Waals surface area contributed by atoms with Gasteiger partial charge in [-0.25, -0.2) is 0 Å². The lowest BCUT2D eigenvalue weighted by Gasteiger charge is -2.20. The number of carbonyl (C=O) groups excluding carboxylic acids is 1. The van der Waals surface area contributed by atoms with Gasteiger partial charge < -0.3 is 10.6 Å². The molecule has 2 rings (SSSR count). The molecule has 0 radical (unpaired) electrons. The Balaban J connectivity index is 2.24. The molecule has 1 fully saturated rings. The van der Waals surface area contributed by atoms with Crippen molar-refractivity contribution in [2.75, 3.05) is 12.3 Å². The maximum atomic E-state index is 12.4. The highest BCUT2D eigenvalue weighted by molar-refractivity contribution is 5.98. The Morgan fingerprint density at radius 1 is 1.50 bits per heavy atom. The van der Waals surface area contributed by atoms with Gasteiger partial charge in [0.15, 0.2) is 5.69 Å². The van der Waals surface area contributed by atoms with Gasteiger partial charge in [0.05, 0.1) is 11.4 Å². The zero-order valence-corrected chi connectivity index (χ0v) is 11.5. The first kappa shape index (κ1) is 12.9. The molecule has 0 bridgehead atoms. The van der Waals surface area contributed by atoms with Crippen LogP contribution in [0.1, 0.15) is 56.2 Å². The molecule has 5 heteroatoms. The third-order valence-corrected chi connectivity index (χ3v) is 3.66. The van der Waals surface area contributed by atoms with E-state index in [4.69, 9.17) is 5.73 Å². The van der Waals surface area contributed by atoms with Crippen LogP contribution in [-0.2, 0) is 0 Å². The van der Waals surface area contributed by atoms with Gasteiger partial charge in [-0.1, -0.05) is 20.8 Å². The topological polar surface area (TPSA) is 75.0 Å². The van der Waals surface area contributed by atoms with E-state index in [0.717, 1.165) is 18.7 Å².